The van der Waals surface area contributed by atoms with Crippen LogP contribution in [0.5, 0.6) is 5.75 Å². The third kappa shape index (κ3) is 6.69. The smallest absolute Gasteiger partial charge is 0.413 e. The van der Waals surface area contributed by atoms with Crippen LogP contribution in [0.4, 0.5) is 4.39 Å². The number of nitrogens with zero attached hydrogens (tertiary/aromatic N) is 1. The van der Waals surface area contributed by atoms with Crippen molar-refractivity contribution in [3.63, 3.8) is 0 Å². The highest BCUT2D eigenvalue weighted by molar-refractivity contribution is 7.52. The zero-order chi connectivity index (χ0) is 29.3. The minimum atomic E-state index is -4.11. The van der Waals surface area contributed by atoms with Gasteiger partial charge in [-0.15, -0.1) is 0 Å². The number of para-hydroxylation sites is 1. The predicted octanol–water partition coefficient (Wildman–Crippen LogP) is 3.37. The Hall–Kier alpha value is -3.12. The molecule has 11 nitrogen and oxygen atoms in total. The molecule has 1 unspecified atom stereocenters. The Bertz CT molecular complexity index is 1520. The third-order valence-electron chi connectivity index (χ3n) is 7.32. The molecular formula is C28H33FN3O8P. The van der Waals surface area contributed by atoms with Crippen molar-refractivity contribution in [2.24, 2.45) is 0 Å². The number of aromatic amines is 1. The van der Waals surface area contributed by atoms with E-state index in [0.29, 0.717) is 19.4 Å². The number of alkyl halides is 1. The van der Waals surface area contributed by atoms with E-state index in [1.807, 2.05) is 36.2 Å². The van der Waals surface area contributed by atoms with E-state index < -0.39 is 55.2 Å². The van der Waals surface area contributed by atoms with Gasteiger partial charge in [-0.2, -0.15) is 0 Å². The number of hydrogen-bond acceptors (Lipinski definition) is 8. The Morgan fingerprint density at radius 2 is 1.85 bits per heavy atom. The number of aromatic nitrogens is 2. The number of nitrogens with one attached hydrogen (secondary N) is 2. The molecule has 5 rings (SSSR count). The van der Waals surface area contributed by atoms with Crippen LogP contribution in [-0.4, -0.2) is 51.3 Å². The summed E-state index contributed by atoms with van der Waals surface area (Å²) in [7, 11) is -4.11. The number of benzene rings is 2. The maximum atomic E-state index is 15.6. The van der Waals surface area contributed by atoms with E-state index in [-0.39, 0.29) is 12.4 Å². The summed E-state index contributed by atoms with van der Waals surface area (Å²) in [5.74, 6) is 0.279. The molecule has 1 aliphatic carbocycles. The molecule has 3 aromatic rings. The van der Waals surface area contributed by atoms with Crippen LogP contribution in [0.3, 0.4) is 0 Å². The first kappa shape index (κ1) is 29.4. The molecule has 1 saturated heterocycles. The number of aliphatic hydroxyl groups is 1. The van der Waals surface area contributed by atoms with Gasteiger partial charge in [-0.25, -0.2) is 18.8 Å². The minimum Gasteiger partial charge on any atom is -0.413 e. The van der Waals surface area contributed by atoms with Crippen LogP contribution in [0.2, 0.25) is 0 Å². The standard InChI is InChI=1S/C28H33FN3O8P/c1-19-8-6-7-9-20(19)16-37-18-28(13-14-28)31-41(36,40-21-10-4-3-5-11-21)38-17-22-24(34)27(2,29)25(39-22)32-15-12-23(33)30-26(32)35/h3-12,15,22,24-25,34H,13-14,16-18H2,1-2H3,(H,31,36)(H,30,33,35)/t22-,24-,25-,27-,41?/m1/s1. The van der Waals surface area contributed by atoms with Crippen LogP contribution < -0.4 is 20.9 Å². The molecule has 2 aliphatic rings. The molecule has 0 radical (unpaired) electrons. The van der Waals surface area contributed by atoms with Crippen molar-refractivity contribution in [1.82, 2.24) is 14.6 Å². The highest BCUT2D eigenvalue weighted by Gasteiger charge is 2.56. The summed E-state index contributed by atoms with van der Waals surface area (Å²) in [6.45, 7) is 3.17. The first-order chi connectivity index (χ1) is 19.5. The van der Waals surface area contributed by atoms with E-state index in [4.69, 9.17) is 18.5 Å². The Morgan fingerprint density at radius 3 is 2.54 bits per heavy atom. The fraction of sp³-hybridized carbons (Fsp3) is 0.429. The van der Waals surface area contributed by atoms with Crippen LogP contribution in [0.25, 0.3) is 0 Å². The third-order valence-corrected chi connectivity index (χ3v) is 9.01. The summed E-state index contributed by atoms with van der Waals surface area (Å²) < 4.78 is 53.7. The first-order valence-electron chi connectivity index (χ1n) is 13.3. The van der Waals surface area contributed by atoms with Crippen LogP contribution in [0.15, 0.2) is 76.4 Å². The molecule has 0 spiro atoms. The van der Waals surface area contributed by atoms with E-state index in [1.165, 1.54) is 0 Å². The second-order valence-electron chi connectivity index (χ2n) is 10.6. The van der Waals surface area contributed by atoms with Crippen molar-refractivity contribution in [3.8, 4) is 5.75 Å². The fourth-order valence-corrected chi connectivity index (χ4v) is 6.47. The lowest BCUT2D eigenvalue weighted by molar-refractivity contribution is -0.0594. The van der Waals surface area contributed by atoms with Gasteiger partial charge in [0, 0.05) is 12.3 Å². The fourth-order valence-electron chi connectivity index (χ4n) is 4.69. The summed E-state index contributed by atoms with van der Waals surface area (Å²) in [5.41, 5.74) is -2.52. The number of hydrogen-bond donors (Lipinski definition) is 3. The Labute approximate surface area is 235 Å². The van der Waals surface area contributed by atoms with Crippen LogP contribution in [0.1, 0.15) is 37.1 Å². The van der Waals surface area contributed by atoms with Gasteiger partial charge in [-0.1, -0.05) is 42.5 Å². The monoisotopic (exact) mass is 589 g/mol. The van der Waals surface area contributed by atoms with Crippen LogP contribution in [-0.2, 0) is 25.2 Å². The molecule has 2 heterocycles. The summed E-state index contributed by atoms with van der Waals surface area (Å²) in [6, 6.07) is 17.3. The van der Waals surface area contributed by atoms with Gasteiger partial charge in [-0.05, 0) is 49.9 Å². The lowest BCUT2D eigenvalue weighted by Crippen LogP contribution is -2.43. The highest BCUT2D eigenvalue weighted by Crippen LogP contribution is 2.52. The average Bonchev–Trinajstić information content (AvgIpc) is 3.64. The predicted molar refractivity (Wildman–Crippen MR) is 147 cm³/mol. The molecule has 2 aromatic carbocycles. The second kappa shape index (κ2) is 11.6. The number of halogens is 1. The van der Waals surface area contributed by atoms with Crippen molar-refractivity contribution in [1.29, 1.82) is 0 Å². The zero-order valence-electron chi connectivity index (χ0n) is 22.7. The molecule has 13 heteroatoms. The molecule has 3 N–H and O–H groups in total. The number of rotatable bonds is 12. The van der Waals surface area contributed by atoms with Gasteiger partial charge < -0.3 is 19.1 Å². The Balaban J connectivity index is 1.29. The van der Waals surface area contributed by atoms with Gasteiger partial charge in [0.1, 0.15) is 18.0 Å². The SMILES string of the molecule is Cc1ccccc1COCC1(NP(=O)(OC[C@H]2O[C@@H](n3ccc(=O)[nH]c3=O)[C@](C)(F)[C@@H]2O)Oc2ccccc2)CC1. The van der Waals surface area contributed by atoms with E-state index in [9.17, 15) is 19.3 Å². The average molecular weight is 590 g/mol. The Morgan fingerprint density at radius 1 is 1.15 bits per heavy atom. The molecule has 0 amide bonds. The number of H-pyrrole nitrogens is 1. The summed E-state index contributed by atoms with van der Waals surface area (Å²) in [5, 5.41) is 13.7. The molecule has 1 aromatic heterocycles. The Kier molecular flexibility index (Phi) is 8.34. The summed E-state index contributed by atoms with van der Waals surface area (Å²) in [4.78, 5) is 25.8. The molecule has 0 bridgehead atoms. The quantitative estimate of drug-likeness (QED) is 0.271. The summed E-state index contributed by atoms with van der Waals surface area (Å²) >= 11 is 0. The molecule has 5 atom stereocenters. The topological polar surface area (TPSA) is 141 Å². The maximum Gasteiger partial charge on any atom is 0.459 e. The number of ether oxygens (including phenoxy) is 2. The second-order valence-corrected chi connectivity index (χ2v) is 12.3. The molecule has 2 fully saturated rings. The van der Waals surface area contributed by atoms with Crippen LogP contribution >= 0.6 is 7.75 Å². The van der Waals surface area contributed by atoms with Crippen LogP contribution in [0, 0.1) is 6.92 Å². The van der Waals surface area contributed by atoms with E-state index in [1.54, 1.807) is 30.3 Å². The summed E-state index contributed by atoms with van der Waals surface area (Å²) in [6.07, 6.45) is -2.22. The lowest BCUT2D eigenvalue weighted by atomic mass is 9.98. The van der Waals surface area contributed by atoms with Crippen molar-refractivity contribution < 1.29 is 32.6 Å². The molecule has 220 valence electrons. The molecule has 41 heavy (non-hydrogen) atoms. The van der Waals surface area contributed by atoms with E-state index in [0.717, 1.165) is 34.9 Å². The molecule has 1 aliphatic heterocycles. The van der Waals surface area contributed by atoms with E-state index in [2.05, 4.69) is 5.09 Å². The molecular weight excluding hydrogens is 556 g/mol. The van der Waals surface area contributed by atoms with Crippen molar-refractivity contribution >= 4 is 7.75 Å². The van der Waals surface area contributed by atoms with Crippen molar-refractivity contribution in [2.75, 3.05) is 13.2 Å². The van der Waals surface area contributed by atoms with Gasteiger partial charge >= 0.3 is 13.4 Å². The number of aryl methyl sites for hydroxylation is 1. The molecule has 1 saturated carbocycles. The lowest BCUT2D eigenvalue weighted by Gasteiger charge is -2.27. The van der Waals surface area contributed by atoms with E-state index >= 15 is 4.39 Å². The van der Waals surface area contributed by atoms with Gasteiger partial charge in [0.05, 0.1) is 25.4 Å². The van der Waals surface area contributed by atoms with Gasteiger partial charge in [0.15, 0.2) is 11.9 Å². The van der Waals surface area contributed by atoms with Gasteiger partial charge in [0.2, 0.25) is 0 Å². The van der Waals surface area contributed by atoms with Gasteiger partial charge in [0.25, 0.3) is 5.56 Å². The largest absolute Gasteiger partial charge is 0.459 e. The maximum absolute atomic E-state index is 15.6. The highest BCUT2D eigenvalue weighted by atomic mass is 31.2. The minimum absolute atomic E-state index is 0.245. The first-order valence-corrected chi connectivity index (χ1v) is 14.8. The number of aliphatic hydroxyl groups excluding tert-OH is 1. The van der Waals surface area contributed by atoms with Crippen molar-refractivity contribution in [2.45, 2.75) is 62.9 Å². The normalized spacial score (nSPS) is 26.4. The van der Waals surface area contributed by atoms with Gasteiger partial charge in [-0.3, -0.25) is 18.9 Å². The zero-order valence-corrected chi connectivity index (χ0v) is 23.6. The van der Waals surface area contributed by atoms with Crippen molar-refractivity contribution in [3.05, 3.63) is 98.8 Å².